The van der Waals surface area contributed by atoms with Crippen LogP contribution >= 0.6 is 11.3 Å². The van der Waals surface area contributed by atoms with Crippen LogP contribution in [-0.2, 0) is 0 Å². The van der Waals surface area contributed by atoms with Crippen molar-refractivity contribution >= 4 is 40.3 Å². The average Bonchev–Trinajstić information content (AvgIpc) is 1.76. The van der Waals surface area contributed by atoms with Gasteiger partial charge >= 0.3 is 0 Å². The number of nitrogen functional groups attached to an aromatic ring is 5. The number of thiophene rings is 1. The molecule has 14 N–H and O–H groups in total. The molecule has 16 rings (SSSR count). The number of aromatic nitrogens is 24. The number of aryl methyl sites for hydroxylation is 1. The highest BCUT2D eigenvalue weighted by Crippen LogP contribution is 2.31. The van der Waals surface area contributed by atoms with Crippen LogP contribution in [-0.4, -0.2) is 121 Å². The van der Waals surface area contributed by atoms with E-state index in [1.165, 1.54) is 0 Å². The van der Waals surface area contributed by atoms with E-state index in [0.717, 1.165) is 49.4 Å². The van der Waals surface area contributed by atoms with E-state index in [1.807, 2.05) is 140 Å². The fourth-order valence-corrected chi connectivity index (χ4v) is 9.99. The van der Waals surface area contributed by atoms with Crippen molar-refractivity contribution in [2.45, 2.75) is 6.92 Å². The second-order valence-electron chi connectivity index (χ2n) is 20.8. The van der Waals surface area contributed by atoms with Crippen molar-refractivity contribution in [1.82, 2.24) is 121 Å². The van der Waals surface area contributed by atoms with E-state index in [1.54, 1.807) is 97.8 Å². The molecule has 29 nitrogen and oxygen atoms in total. The van der Waals surface area contributed by atoms with Gasteiger partial charge in [0.1, 0.15) is 17.1 Å². The SMILES string of the molecule is Cc1cccc(-c2n[nH]c(-c3nc(-c4cccnc4)cnc3N)n2)c1.Nc1cccc(-c2n[nH]c(-c3nc(-c4cccnc4)cnc3N)n2)c1.Nc1ncc(-c2cccnc2)nc1-c1n[nH]c(-c2cccs2)n1.Nc1ncc(-c2cccnc2)nc1-c1nc(-c2ccccc2)n[nH]1.[HH].[HH].[HH].[HH].[HH].[HH].[HH].[HH]. The summed E-state index contributed by atoms with van der Waals surface area (Å²) in [6.07, 6.45) is 20.1. The lowest BCUT2D eigenvalue weighted by atomic mass is 10.1. The normalized spacial score (nSPS) is 10.7. The molecular weight excluding hydrogens is 1240 g/mol. The minimum atomic E-state index is 0. The summed E-state index contributed by atoms with van der Waals surface area (Å²) in [4.78, 5) is 70.4. The van der Waals surface area contributed by atoms with Gasteiger partial charge in [0.15, 0.2) is 69.7 Å². The van der Waals surface area contributed by atoms with Crippen molar-refractivity contribution < 1.29 is 11.4 Å². The number of nitrogens with zero attached hydrogens (tertiary/aromatic N) is 20. The van der Waals surface area contributed by atoms with E-state index in [0.29, 0.717) is 109 Å². The van der Waals surface area contributed by atoms with Crippen LogP contribution in [0.2, 0.25) is 0 Å². The Morgan fingerprint density at radius 1 is 0.320 bits per heavy atom. The minimum Gasteiger partial charge on any atom is -0.399 e. The van der Waals surface area contributed by atoms with Gasteiger partial charge in [-0.15, -0.1) is 11.3 Å². The van der Waals surface area contributed by atoms with Crippen molar-refractivity contribution in [2.75, 3.05) is 28.7 Å². The quantitative estimate of drug-likeness (QED) is 0.0513. The Labute approximate surface area is 566 Å². The van der Waals surface area contributed by atoms with E-state index in [-0.39, 0.29) is 23.0 Å². The molecule has 30 heteroatoms. The van der Waals surface area contributed by atoms with Crippen molar-refractivity contribution in [2.24, 2.45) is 0 Å². The third-order valence-corrected chi connectivity index (χ3v) is 14.9. The third-order valence-electron chi connectivity index (χ3n) is 14.1. The molecule has 0 saturated carbocycles. The van der Waals surface area contributed by atoms with Gasteiger partial charge in [-0.2, -0.15) is 20.4 Å². The van der Waals surface area contributed by atoms with Crippen molar-refractivity contribution in [3.63, 3.8) is 0 Å². The fourth-order valence-electron chi connectivity index (χ4n) is 9.33. The molecule has 13 aromatic heterocycles. The number of anilines is 5. The Kier molecular flexibility index (Phi) is 18.2. The number of hydrogen-bond donors (Lipinski definition) is 9. The highest BCUT2D eigenvalue weighted by atomic mass is 32.1. The Morgan fingerprint density at radius 2 is 0.691 bits per heavy atom. The highest BCUT2D eigenvalue weighted by Gasteiger charge is 2.20. The number of rotatable bonds is 12. The van der Waals surface area contributed by atoms with Gasteiger partial charge in [0.25, 0.3) is 0 Å². The Bertz CT molecular complexity index is 5140. The zero-order valence-corrected chi connectivity index (χ0v) is 51.8. The predicted molar refractivity (Wildman–Crippen MR) is 386 cm³/mol. The Hall–Kier alpha value is -14.2. The lowest BCUT2D eigenvalue weighted by molar-refractivity contribution is 1.08. The van der Waals surface area contributed by atoms with Crippen LogP contribution in [0.1, 0.15) is 17.0 Å². The number of benzene rings is 3. The number of H-pyrrole nitrogens is 4. The molecule has 16 aromatic rings. The molecule has 13 heterocycles. The molecule has 0 radical (unpaired) electrons. The first-order valence-electron chi connectivity index (χ1n) is 29.4. The molecule has 97 heavy (non-hydrogen) atoms. The second-order valence-corrected chi connectivity index (χ2v) is 21.7. The molecule has 0 aliphatic rings. The van der Waals surface area contributed by atoms with Gasteiger partial charge in [-0.05, 0) is 85.1 Å². The maximum absolute atomic E-state index is 5.99. The summed E-state index contributed by atoms with van der Waals surface area (Å²) in [5.41, 5.74) is 42.0. The average molecular weight is 1310 g/mol. The first kappa shape index (κ1) is 61.7. The van der Waals surface area contributed by atoms with E-state index in [4.69, 9.17) is 28.7 Å². The standard InChI is InChI=1S/C18H15N7.C17H14N8.C17H13N7.C15H11N7S.8H2/c1-11-4-2-5-12(8-11)17-23-18(25-24-17)15-16(19)21-10-14(22-15)13-6-3-7-20-9-13;18-12-5-1-3-10(7-12)16-23-17(25-24-16)14-15(19)21-9-13(22-14)11-4-2-6-20-8-11;18-15-14(21-13(10-20-15)12-7-4-8-19-9-12)17-22-16(23-24-17)11-5-2-1-3-6-11;16-13-12(15-20-14(21-22-15)11-4-2-6-23-11)19-10(8-18-13)9-3-1-5-17-7-9;;;;;;;;/h2-10H,1H3,(H2,19,21)(H,23,24,25);1-9H,18H2,(H2,19,21)(H,23,24,25);1-10H,(H2,18,20)(H,22,23,24);1-8H,(H2,16,18)(H,20,21,22);8*1H. The summed E-state index contributed by atoms with van der Waals surface area (Å²) in [6, 6.07) is 43.9. The van der Waals surface area contributed by atoms with Crippen LogP contribution in [0.3, 0.4) is 0 Å². The predicted octanol–water partition coefficient (Wildman–Crippen LogP) is 12.2. The number of aromatic amines is 4. The summed E-state index contributed by atoms with van der Waals surface area (Å²) >= 11 is 1.58. The molecule has 0 saturated heterocycles. The van der Waals surface area contributed by atoms with Crippen LogP contribution in [0.25, 0.3) is 136 Å². The second kappa shape index (κ2) is 28.6. The molecule has 0 atom stereocenters. The highest BCUT2D eigenvalue weighted by molar-refractivity contribution is 7.13. The summed E-state index contributed by atoms with van der Waals surface area (Å²) in [5, 5.41) is 30.5. The molecule has 3 aromatic carbocycles. The Morgan fingerprint density at radius 3 is 1.10 bits per heavy atom. The number of hydrogen-bond acceptors (Lipinski definition) is 26. The summed E-state index contributed by atoms with van der Waals surface area (Å²) in [7, 11) is 0. The smallest absolute Gasteiger partial charge is 0.203 e. The first-order chi connectivity index (χ1) is 47.5. The number of pyridine rings is 4. The van der Waals surface area contributed by atoms with Gasteiger partial charge in [-0.3, -0.25) is 40.3 Å². The van der Waals surface area contributed by atoms with Crippen molar-refractivity contribution in [1.29, 1.82) is 0 Å². The molecule has 0 unspecified atom stereocenters. The van der Waals surface area contributed by atoms with Gasteiger partial charge in [0.2, 0.25) is 5.82 Å². The zero-order valence-electron chi connectivity index (χ0n) is 51.0. The molecule has 0 fully saturated rings. The maximum atomic E-state index is 5.99. The van der Waals surface area contributed by atoms with Crippen LogP contribution < -0.4 is 28.7 Å². The molecule has 0 amide bonds. The lowest BCUT2D eigenvalue weighted by Gasteiger charge is -2.04. The van der Waals surface area contributed by atoms with Gasteiger partial charge in [-0.1, -0.05) is 72.3 Å². The monoisotopic (exact) mass is 1310 g/mol. The van der Waals surface area contributed by atoms with Crippen LogP contribution in [0.5, 0.6) is 0 Å². The fraction of sp³-hybridized carbons (Fsp3) is 0.0149. The molecule has 0 spiro atoms. The van der Waals surface area contributed by atoms with E-state index < -0.39 is 0 Å². The van der Waals surface area contributed by atoms with Crippen LogP contribution in [0.4, 0.5) is 29.0 Å². The molecule has 488 valence electrons. The van der Waals surface area contributed by atoms with Crippen molar-refractivity contribution in [3.05, 3.63) is 225 Å². The van der Waals surface area contributed by atoms with Gasteiger partial charge < -0.3 is 28.7 Å². The van der Waals surface area contributed by atoms with Crippen LogP contribution in [0.15, 0.2) is 219 Å². The lowest BCUT2D eigenvalue weighted by Crippen LogP contribution is -2.00. The van der Waals surface area contributed by atoms with Gasteiger partial charge in [-0.25, -0.2) is 59.8 Å². The van der Waals surface area contributed by atoms with Crippen molar-refractivity contribution in [3.8, 4) is 136 Å². The summed E-state index contributed by atoms with van der Waals surface area (Å²) in [5.74, 6) is 5.31. The Balaban J connectivity index is 0.000000245. The number of nitrogens with one attached hydrogen (secondary N) is 4. The molecule has 0 aliphatic carbocycles. The minimum absolute atomic E-state index is 0. The zero-order chi connectivity index (χ0) is 66.5. The van der Waals surface area contributed by atoms with Gasteiger partial charge in [0, 0.05) is 106 Å². The first-order valence-corrected chi connectivity index (χ1v) is 30.3. The molecular formula is C67H69N29S. The summed E-state index contributed by atoms with van der Waals surface area (Å²) in [6.45, 7) is 2.03. The molecule has 0 bridgehead atoms. The number of nitrogens with two attached hydrogens (primary N) is 5. The third kappa shape index (κ3) is 14.6. The van der Waals surface area contributed by atoms with Gasteiger partial charge in [0.05, 0.1) is 52.4 Å². The largest absolute Gasteiger partial charge is 0.399 e. The van der Waals surface area contributed by atoms with E-state index in [9.17, 15) is 0 Å². The molecule has 0 aliphatic heterocycles. The topological polar surface area (TPSA) is 451 Å². The maximum Gasteiger partial charge on any atom is 0.203 e. The van der Waals surface area contributed by atoms with E-state index >= 15 is 0 Å². The van der Waals surface area contributed by atoms with E-state index in [2.05, 4.69) is 121 Å². The summed E-state index contributed by atoms with van der Waals surface area (Å²) < 4.78 is 0. The van der Waals surface area contributed by atoms with Crippen LogP contribution in [0, 0.1) is 6.92 Å².